The first-order chi connectivity index (χ1) is 8.75. The first-order valence-corrected chi connectivity index (χ1v) is 7.57. The first kappa shape index (κ1) is 15.4. The van der Waals surface area contributed by atoms with Crippen LogP contribution in [0.2, 0.25) is 0 Å². The molecule has 0 aliphatic carbocycles. The van der Waals surface area contributed by atoms with Gasteiger partial charge in [-0.1, -0.05) is 6.92 Å². The number of benzene rings is 1. The van der Waals surface area contributed by atoms with E-state index in [1.165, 1.54) is 6.92 Å². The van der Waals surface area contributed by atoms with Gasteiger partial charge in [0, 0.05) is 11.8 Å². The Kier molecular flexibility index (Phi) is 4.88. The van der Waals surface area contributed by atoms with Crippen LogP contribution in [0.5, 0.6) is 0 Å². The molecule has 1 atom stereocenters. The van der Waals surface area contributed by atoms with E-state index in [-0.39, 0.29) is 22.8 Å². The van der Waals surface area contributed by atoms with Gasteiger partial charge in [0.15, 0.2) is 9.84 Å². The molecule has 0 radical (unpaired) electrons. The van der Waals surface area contributed by atoms with Crippen LogP contribution in [0.1, 0.15) is 24.2 Å². The van der Waals surface area contributed by atoms with Gasteiger partial charge in [0.25, 0.3) is 0 Å². The Morgan fingerprint density at radius 3 is 2.63 bits per heavy atom. The van der Waals surface area contributed by atoms with E-state index in [9.17, 15) is 17.6 Å². The highest BCUT2D eigenvalue weighted by Crippen LogP contribution is 2.17. The fourth-order valence-electron chi connectivity index (χ4n) is 1.57. The number of carboxylic acids is 1. The average Bonchev–Trinajstić information content (AvgIpc) is 2.31. The maximum absolute atomic E-state index is 13.5. The molecule has 19 heavy (non-hydrogen) atoms. The van der Waals surface area contributed by atoms with E-state index in [0.29, 0.717) is 0 Å². The molecule has 1 aromatic rings. The van der Waals surface area contributed by atoms with Crippen molar-refractivity contribution in [2.75, 3.05) is 16.8 Å². The molecule has 2 N–H and O–H groups in total. The van der Waals surface area contributed by atoms with Gasteiger partial charge in [-0.15, -0.1) is 0 Å². The van der Waals surface area contributed by atoms with Crippen molar-refractivity contribution in [2.45, 2.75) is 19.9 Å². The first-order valence-electron chi connectivity index (χ1n) is 5.75. The van der Waals surface area contributed by atoms with Crippen LogP contribution < -0.4 is 5.32 Å². The van der Waals surface area contributed by atoms with Crippen LogP contribution in [-0.2, 0) is 9.84 Å². The minimum atomic E-state index is -3.18. The molecule has 0 saturated heterocycles. The molecule has 1 aromatic carbocycles. The summed E-state index contributed by atoms with van der Waals surface area (Å²) in [5.41, 5.74) is -0.0758. The molecule has 0 bridgehead atoms. The second kappa shape index (κ2) is 6.01. The number of sulfone groups is 1. The van der Waals surface area contributed by atoms with Crippen LogP contribution >= 0.6 is 0 Å². The lowest BCUT2D eigenvalue weighted by atomic mass is 10.2. The van der Waals surface area contributed by atoms with Gasteiger partial charge < -0.3 is 10.4 Å². The van der Waals surface area contributed by atoms with E-state index in [2.05, 4.69) is 5.32 Å². The summed E-state index contributed by atoms with van der Waals surface area (Å²) in [6, 6.07) is 2.82. The van der Waals surface area contributed by atoms with Crippen molar-refractivity contribution >= 4 is 21.5 Å². The quantitative estimate of drug-likeness (QED) is 0.833. The number of hydrogen-bond acceptors (Lipinski definition) is 4. The fraction of sp³-hybridized carbons (Fsp3) is 0.417. The highest BCUT2D eigenvalue weighted by Gasteiger charge is 2.16. The molecule has 0 aliphatic heterocycles. The van der Waals surface area contributed by atoms with Crippen molar-refractivity contribution in [1.29, 1.82) is 0 Å². The Hall–Kier alpha value is -1.63. The van der Waals surface area contributed by atoms with Gasteiger partial charge in [-0.2, -0.15) is 0 Å². The standard InChI is InChI=1S/C12H16FNO4S/c1-3-19(17,18)7-8(2)14-11-6-9(12(15)16)4-5-10(11)13/h4-6,8,14H,3,7H2,1-2H3,(H,15,16). The maximum Gasteiger partial charge on any atom is 0.335 e. The number of carbonyl (C=O) groups is 1. The van der Waals surface area contributed by atoms with Gasteiger partial charge in [0.05, 0.1) is 17.0 Å². The van der Waals surface area contributed by atoms with Crippen molar-refractivity contribution in [3.05, 3.63) is 29.6 Å². The highest BCUT2D eigenvalue weighted by molar-refractivity contribution is 7.91. The summed E-state index contributed by atoms with van der Waals surface area (Å²) in [5, 5.41) is 11.5. The van der Waals surface area contributed by atoms with E-state index in [1.54, 1.807) is 6.92 Å². The Morgan fingerprint density at radius 1 is 1.47 bits per heavy atom. The smallest absolute Gasteiger partial charge is 0.335 e. The zero-order valence-corrected chi connectivity index (χ0v) is 11.5. The van der Waals surface area contributed by atoms with E-state index in [1.807, 2.05) is 0 Å². The van der Waals surface area contributed by atoms with E-state index < -0.39 is 27.7 Å². The Bertz CT molecular complexity index is 571. The maximum atomic E-state index is 13.5. The summed E-state index contributed by atoms with van der Waals surface area (Å²) in [6.07, 6.45) is 0. The third-order valence-corrected chi connectivity index (χ3v) is 4.45. The molecular formula is C12H16FNO4S. The van der Waals surface area contributed by atoms with Crippen molar-refractivity contribution in [2.24, 2.45) is 0 Å². The lowest BCUT2D eigenvalue weighted by molar-refractivity contribution is 0.0697. The number of carboxylic acid groups (broad SMARTS) is 1. The SMILES string of the molecule is CCS(=O)(=O)CC(C)Nc1cc(C(=O)O)ccc1F. The van der Waals surface area contributed by atoms with Crippen molar-refractivity contribution in [3.63, 3.8) is 0 Å². The summed E-state index contributed by atoms with van der Waals surface area (Å²) < 4.78 is 36.4. The summed E-state index contributed by atoms with van der Waals surface area (Å²) >= 11 is 0. The van der Waals surface area contributed by atoms with Crippen LogP contribution in [-0.4, -0.2) is 37.0 Å². The number of hydrogen-bond donors (Lipinski definition) is 2. The number of nitrogens with one attached hydrogen (secondary N) is 1. The zero-order valence-electron chi connectivity index (χ0n) is 10.7. The zero-order chi connectivity index (χ0) is 14.6. The van der Waals surface area contributed by atoms with E-state index in [0.717, 1.165) is 18.2 Å². The molecular weight excluding hydrogens is 273 g/mol. The van der Waals surface area contributed by atoms with Crippen molar-refractivity contribution < 1.29 is 22.7 Å². The van der Waals surface area contributed by atoms with E-state index >= 15 is 0 Å². The average molecular weight is 289 g/mol. The Morgan fingerprint density at radius 2 is 2.11 bits per heavy atom. The number of anilines is 1. The van der Waals surface area contributed by atoms with Crippen molar-refractivity contribution in [3.8, 4) is 0 Å². The van der Waals surface area contributed by atoms with Gasteiger partial charge in [0.2, 0.25) is 0 Å². The molecule has 0 heterocycles. The van der Waals surface area contributed by atoms with Gasteiger partial charge >= 0.3 is 5.97 Å². The predicted octanol–water partition coefficient (Wildman–Crippen LogP) is 1.76. The summed E-state index contributed by atoms with van der Waals surface area (Å²) in [6.45, 7) is 3.13. The van der Waals surface area contributed by atoms with Gasteiger partial charge in [0.1, 0.15) is 5.82 Å². The third kappa shape index (κ3) is 4.51. The van der Waals surface area contributed by atoms with Crippen LogP contribution in [0.25, 0.3) is 0 Å². The van der Waals surface area contributed by atoms with Crippen LogP contribution in [0.3, 0.4) is 0 Å². The molecule has 0 spiro atoms. The molecule has 5 nitrogen and oxygen atoms in total. The monoisotopic (exact) mass is 289 g/mol. The molecule has 7 heteroatoms. The Labute approximate surface area is 111 Å². The Balaban J connectivity index is 2.87. The fourth-order valence-corrected chi connectivity index (χ4v) is 2.66. The summed E-state index contributed by atoms with van der Waals surface area (Å²) in [7, 11) is -3.18. The predicted molar refractivity (Wildman–Crippen MR) is 70.8 cm³/mol. The molecule has 1 unspecified atom stereocenters. The topological polar surface area (TPSA) is 83.5 Å². The van der Waals surface area contributed by atoms with Crippen LogP contribution in [0.4, 0.5) is 10.1 Å². The number of aromatic carboxylic acids is 1. The molecule has 0 fully saturated rings. The summed E-state index contributed by atoms with van der Waals surface area (Å²) in [4.78, 5) is 10.8. The second-order valence-corrected chi connectivity index (χ2v) is 6.64. The highest BCUT2D eigenvalue weighted by atomic mass is 32.2. The summed E-state index contributed by atoms with van der Waals surface area (Å²) in [5.74, 6) is -1.92. The number of rotatable bonds is 6. The lowest BCUT2D eigenvalue weighted by Gasteiger charge is -2.16. The second-order valence-electron chi connectivity index (χ2n) is 4.24. The van der Waals surface area contributed by atoms with Crippen LogP contribution in [0.15, 0.2) is 18.2 Å². The largest absolute Gasteiger partial charge is 0.478 e. The molecule has 0 aliphatic rings. The van der Waals surface area contributed by atoms with E-state index in [4.69, 9.17) is 5.11 Å². The van der Waals surface area contributed by atoms with Gasteiger partial charge in [-0.3, -0.25) is 0 Å². The molecule has 106 valence electrons. The molecule has 0 aromatic heterocycles. The molecule has 1 rings (SSSR count). The van der Waals surface area contributed by atoms with Crippen molar-refractivity contribution in [1.82, 2.24) is 0 Å². The minimum Gasteiger partial charge on any atom is -0.478 e. The third-order valence-electron chi connectivity index (χ3n) is 2.56. The minimum absolute atomic E-state index is 0.0106. The van der Waals surface area contributed by atoms with Gasteiger partial charge in [-0.25, -0.2) is 17.6 Å². The normalized spacial score (nSPS) is 13.0. The molecule has 0 amide bonds. The lowest BCUT2D eigenvalue weighted by Crippen LogP contribution is -2.27. The molecule has 0 saturated carbocycles. The van der Waals surface area contributed by atoms with Gasteiger partial charge in [-0.05, 0) is 25.1 Å². The number of halogens is 1. The van der Waals surface area contributed by atoms with Crippen LogP contribution in [0, 0.1) is 5.82 Å².